The lowest BCUT2D eigenvalue weighted by atomic mass is 9.98. The third-order valence-electron chi connectivity index (χ3n) is 3.97. The predicted molar refractivity (Wildman–Crippen MR) is 74.6 cm³/mol. The molecule has 2 N–H and O–H groups in total. The molecule has 0 bridgehead atoms. The van der Waals surface area contributed by atoms with Crippen LogP contribution < -0.4 is 10.6 Å². The van der Waals surface area contributed by atoms with Gasteiger partial charge < -0.3 is 5.32 Å². The Hall–Kier alpha value is -1.35. The molecule has 0 fully saturated rings. The van der Waals surface area contributed by atoms with Crippen molar-refractivity contribution >= 4 is 11.6 Å². The first-order valence-electron chi connectivity index (χ1n) is 6.70. The molecule has 18 heavy (non-hydrogen) atoms. The Morgan fingerprint density at radius 2 is 2.11 bits per heavy atom. The van der Waals surface area contributed by atoms with E-state index >= 15 is 0 Å². The number of aryl methyl sites for hydroxylation is 1. The normalized spacial score (nSPS) is 21.3. The zero-order valence-electron chi connectivity index (χ0n) is 11.6. The molecule has 1 aliphatic heterocycles. The topological polar surface area (TPSA) is 41.1 Å². The fourth-order valence-electron chi connectivity index (χ4n) is 2.33. The van der Waals surface area contributed by atoms with Crippen molar-refractivity contribution in [1.29, 1.82) is 0 Å². The van der Waals surface area contributed by atoms with Crippen molar-refractivity contribution in [1.82, 2.24) is 5.32 Å². The summed E-state index contributed by atoms with van der Waals surface area (Å²) in [5, 5.41) is 6.39. The van der Waals surface area contributed by atoms with Crippen LogP contribution >= 0.6 is 0 Å². The second-order valence-electron chi connectivity index (χ2n) is 5.35. The largest absolute Gasteiger partial charge is 0.324 e. The smallest absolute Gasteiger partial charge is 0.246 e. The van der Waals surface area contributed by atoms with E-state index in [2.05, 4.69) is 44.4 Å². The molecule has 3 atom stereocenters. The molecule has 0 aromatic heterocycles. The maximum atomic E-state index is 12.0. The molecule has 1 aliphatic rings. The van der Waals surface area contributed by atoms with E-state index in [1.165, 1.54) is 5.56 Å². The molecule has 3 heteroatoms. The third-order valence-corrected chi connectivity index (χ3v) is 3.97. The number of carbonyl (C=O) groups is 1. The van der Waals surface area contributed by atoms with E-state index in [0.717, 1.165) is 17.7 Å². The van der Waals surface area contributed by atoms with Crippen molar-refractivity contribution in [3.8, 4) is 0 Å². The van der Waals surface area contributed by atoms with Crippen LogP contribution in [-0.2, 0) is 4.79 Å². The number of hydrogen-bond acceptors (Lipinski definition) is 2. The summed E-state index contributed by atoms with van der Waals surface area (Å²) in [6, 6.07) is 6.23. The summed E-state index contributed by atoms with van der Waals surface area (Å²) >= 11 is 0. The second-order valence-corrected chi connectivity index (χ2v) is 5.35. The fourth-order valence-corrected chi connectivity index (χ4v) is 2.33. The van der Waals surface area contributed by atoms with Crippen molar-refractivity contribution in [3.05, 3.63) is 29.3 Å². The van der Waals surface area contributed by atoms with E-state index in [1.54, 1.807) is 0 Å². The highest BCUT2D eigenvalue weighted by Gasteiger charge is 2.31. The first kappa shape index (κ1) is 13.1. The van der Waals surface area contributed by atoms with Gasteiger partial charge in [-0.2, -0.15) is 0 Å². The Morgan fingerprint density at radius 3 is 2.78 bits per heavy atom. The summed E-state index contributed by atoms with van der Waals surface area (Å²) in [5.74, 6) is 0.623. The van der Waals surface area contributed by atoms with Gasteiger partial charge in [-0.25, -0.2) is 0 Å². The lowest BCUT2D eigenvalue weighted by molar-refractivity contribution is -0.117. The van der Waals surface area contributed by atoms with E-state index in [4.69, 9.17) is 0 Å². The molecule has 3 unspecified atom stereocenters. The van der Waals surface area contributed by atoms with Crippen LogP contribution in [0.2, 0.25) is 0 Å². The molecule has 0 spiro atoms. The second kappa shape index (κ2) is 5.11. The van der Waals surface area contributed by atoms with Gasteiger partial charge in [-0.3, -0.25) is 10.1 Å². The Bertz CT molecular complexity index is 456. The average Bonchev–Trinajstić information content (AvgIpc) is 2.65. The van der Waals surface area contributed by atoms with Crippen LogP contribution in [0, 0.1) is 12.8 Å². The van der Waals surface area contributed by atoms with Gasteiger partial charge in [0.15, 0.2) is 0 Å². The number of amides is 1. The van der Waals surface area contributed by atoms with Gasteiger partial charge in [0.25, 0.3) is 0 Å². The summed E-state index contributed by atoms with van der Waals surface area (Å²) in [5.41, 5.74) is 3.21. The highest BCUT2D eigenvalue weighted by molar-refractivity contribution is 6.02. The molecule has 3 nitrogen and oxygen atoms in total. The molecule has 1 heterocycles. The van der Waals surface area contributed by atoms with Crippen molar-refractivity contribution in [3.63, 3.8) is 0 Å². The maximum absolute atomic E-state index is 12.0. The highest BCUT2D eigenvalue weighted by atomic mass is 16.2. The van der Waals surface area contributed by atoms with Crippen LogP contribution in [0.15, 0.2) is 18.2 Å². The molecule has 1 aromatic carbocycles. The SMILES string of the molecule is CCC(C)C(C)NC1C(=O)Nc2ccc(C)cc21. The molecule has 0 saturated carbocycles. The summed E-state index contributed by atoms with van der Waals surface area (Å²) in [6.45, 7) is 8.59. The van der Waals surface area contributed by atoms with E-state index < -0.39 is 0 Å². The molecule has 98 valence electrons. The zero-order chi connectivity index (χ0) is 13.3. The van der Waals surface area contributed by atoms with Crippen LogP contribution in [-0.4, -0.2) is 11.9 Å². The van der Waals surface area contributed by atoms with Crippen LogP contribution in [0.4, 0.5) is 5.69 Å². The van der Waals surface area contributed by atoms with Gasteiger partial charge in [-0.15, -0.1) is 0 Å². The Balaban J connectivity index is 2.20. The number of rotatable bonds is 4. The first-order chi connectivity index (χ1) is 8.52. The van der Waals surface area contributed by atoms with E-state index in [-0.39, 0.29) is 11.9 Å². The molecule has 2 rings (SSSR count). The molecular weight excluding hydrogens is 224 g/mol. The minimum Gasteiger partial charge on any atom is -0.324 e. The van der Waals surface area contributed by atoms with Crippen LogP contribution in [0.25, 0.3) is 0 Å². The van der Waals surface area contributed by atoms with Gasteiger partial charge in [0.05, 0.1) is 0 Å². The summed E-state index contributed by atoms with van der Waals surface area (Å²) in [6.07, 6.45) is 1.11. The van der Waals surface area contributed by atoms with Crippen LogP contribution in [0.3, 0.4) is 0 Å². The van der Waals surface area contributed by atoms with Gasteiger partial charge in [-0.05, 0) is 25.8 Å². The van der Waals surface area contributed by atoms with Crippen molar-refractivity contribution in [2.45, 2.75) is 46.2 Å². The van der Waals surface area contributed by atoms with Crippen molar-refractivity contribution in [2.75, 3.05) is 5.32 Å². The molecular formula is C15H22N2O. The Labute approximate surface area is 109 Å². The first-order valence-corrected chi connectivity index (χ1v) is 6.70. The predicted octanol–water partition coefficient (Wildman–Crippen LogP) is 3.01. The van der Waals surface area contributed by atoms with Crippen LogP contribution in [0.1, 0.15) is 44.4 Å². The number of benzene rings is 1. The zero-order valence-corrected chi connectivity index (χ0v) is 11.6. The minimum atomic E-state index is -0.205. The fraction of sp³-hybridized carbons (Fsp3) is 0.533. The standard InChI is InChI=1S/C15H22N2O/c1-5-10(3)11(4)16-14-12-8-9(2)6-7-13(12)17-15(14)18/h6-8,10-11,14,16H,5H2,1-4H3,(H,17,18). The molecule has 0 saturated heterocycles. The average molecular weight is 246 g/mol. The van der Waals surface area contributed by atoms with Crippen molar-refractivity contribution < 1.29 is 4.79 Å². The van der Waals surface area contributed by atoms with E-state index in [0.29, 0.717) is 12.0 Å². The third kappa shape index (κ3) is 2.41. The Morgan fingerprint density at radius 1 is 1.39 bits per heavy atom. The molecule has 0 radical (unpaired) electrons. The summed E-state index contributed by atoms with van der Waals surface area (Å²) in [7, 11) is 0. The number of anilines is 1. The monoisotopic (exact) mass is 246 g/mol. The van der Waals surface area contributed by atoms with Gasteiger partial charge >= 0.3 is 0 Å². The molecule has 0 aliphatic carbocycles. The van der Waals surface area contributed by atoms with Gasteiger partial charge in [0.2, 0.25) is 5.91 Å². The maximum Gasteiger partial charge on any atom is 0.246 e. The quantitative estimate of drug-likeness (QED) is 0.857. The number of nitrogens with one attached hydrogen (secondary N) is 2. The van der Waals surface area contributed by atoms with Crippen LogP contribution in [0.5, 0.6) is 0 Å². The van der Waals surface area contributed by atoms with Gasteiger partial charge in [0, 0.05) is 17.3 Å². The number of carbonyl (C=O) groups excluding carboxylic acids is 1. The van der Waals surface area contributed by atoms with Crippen molar-refractivity contribution in [2.24, 2.45) is 5.92 Å². The number of hydrogen-bond donors (Lipinski definition) is 2. The molecule has 1 amide bonds. The minimum absolute atomic E-state index is 0.0609. The molecule has 1 aromatic rings. The lowest BCUT2D eigenvalue weighted by Gasteiger charge is -2.23. The summed E-state index contributed by atoms with van der Waals surface area (Å²) in [4.78, 5) is 12.0. The Kier molecular flexibility index (Phi) is 3.71. The van der Waals surface area contributed by atoms with E-state index in [9.17, 15) is 4.79 Å². The lowest BCUT2D eigenvalue weighted by Crippen LogP contribution is -2.38. The number of fused-ring (bicyclic) bond motifs is 1. The van der Waals surface area contributed by atoms with Gasteiger partial charge in [-0.1, -0.05) is 38.0 Å². The van der Waals surface area contributed by atoms with Gasteiger partial charge in [0.1, 0.15) is 6.04 Å². The van der Waals surface area contributed by atoms with E-state index in [1.807, 2.05) is 12.1 Å². The summed E-state index contributed by atoms with van der Waals surface area (Å²) < 4.78 is 0. The highest BCUT2D eigenvalue weighted by Crippen LogP contribution is 2.32.